The number of fused-ring (bicyclic) bond motifs is 1. The number of pyridine rings is 2. The SMILES string of the molecule is O=Cc1ccc2ccc(C=O)nc2n1. The van der Waals surface area contributed by atoms with Crippen LogP contribution in [-0.2, 0) is 0 Å². The lowest BCUT2D eigenvalue weighted by atomic mass is 10.2. The van der Waals surface area contributed by atoms with Gasteiger partial charge in [0.25, 0.3) is 0 Å². The lowest BCUT2D eigenvalue weighted by molar-refractivity contribution is 0.111. The fraction of sp³-hybridized carbons (Fsp3) is 0. The molecule has 0 unspecified atom stereocenters. The maximum atomic E-state index is 10.4. The van der Waals surface area contributed by atoms with Gasteiger partial charge in [0.05, 0.1) is 0 Å². The van der Waals surface area contributed by atoms with Gasteiger partial charge in [-0.2, -0.15) is 0 Å². The summed E-state index contributed by atoms with van der Waals surface area (Å²) in [5.74, 6) is 0. The number of aldehydes is 2. The summed E-state index contributed by atoms with van der Waals surface area (Å²) in [4.78, 5) is 28.8. The van der Waals surface area contributed by atoms with Crippen LogP contribution in [0.15, 0.2) is 24.3 Å². The van der Waals surface area contributed by atoms with Crippen molar-refractivity contribution in [1.82, 2.24) is 9.97 Å². The number of carbonyl (C=O) groups is 2. The van der Waals surface area contributed by atoms with Gasteiger partial charge in [-0.1, -0.05) is 0 Å². The van der Waals surface area contributed by atoms with Crippen molar-refractivity contribution in [3.8, 4) is 0 Å². The number of hydrogen-bond acceptors (Lipinski definition) is 4. The second-order valence-electron chi connectivity index (χ2n) is 2.75. The highest BCUT2D eigenvalue weighted by atomic mass is 16.1. The van der Waals surface area contributed by atoms with Gasteiger partial charge in [-0.05, 0) is 24.3 Å². The van der Waals surface area contributed by atoms with Crippen LogP contribution in [0.25, 0.3) is 11.0 Å². The molecule has 2 rings (SSSR count). The first kappa shape index (κ1) is 8.50. The van der Waals surface area contributed by atoms with Crippen molar-refractivity contribution in [3.05, 3.63) is 35.7 Å². The third kappa shape index (κ3) is 1.37. The molecule has 2 aromatic rings. The Balaban J connectivity index is 2.71. The van der Waals surface area contributed by atoms with Crippen molar-refractivity contribution in [3.63, 3.8) is 0 Å². The standard InChI is InChI=1S/C10H6N2O2/c13-5-8-3-1-7-2-4-9(6-14)12-10(7)11-8/h1-6H. The largest absolute Gasteiger partial charge is 0.296 e. The molecule has 0 atom stereocenters. The highest BCUT2D eigenvalue weighted by Gasteiger charge is 1.99. The van der Waals surface area contributed by atoms with E-state index in [9.17, 15) is 9.59 Å². The van der Waals surface area contributed by atoms with E-state index in [-0.39, 0.29) is 0 Å². The van der Waals surface area contributed by atoms with Gasteiger partial charge < -0.3 is 0 Å². The molecule has 0 N–H and O–H groups in total. The van der Waals surface area contributed by atoms with Crippen LogP contribution in [0.4, 0.5) is 0 Å². The van der Waals surface area contributed by atoms with Gasteiger partial charge in [0.1, 0.15) is 11.4 Å². The fourth-order valence-electron chi connectivity index (χ4n) is 1.16. The fourth-order valence-corrected chi connectivity index (χ4v) is 1.16. The summed E-state index contributed by atoms with van der Waals surface area (Å²) in [6.45, 7) is 0. The molecule has 2 aromatic heterocycles. The lowest BCUT2D eigenvalue weighted by Gasteiger charge is -1.97. The summed E-state index contributed by atoms with van der Waals surface area (Å²) in [6.07, 6.45) is 1.30. The maximum Gasteiger partial charge on any atom is 0.168 e. The Hall–Kier alpha value is -2.10. The van der Waals surface area contributed by atoms with Crippen molar-refractivity contribution in [2.75, 3.05) is 0 Å². The minimum absolute atomic E-state index is 0.313. The van der Waals surface area contributed by atoms with Crippen LogP contribution in [0.5, 0.6) is 0 Å². The molecule has 0 aromatic carbocycles. The van der Waals surface area contributed by atoms with E-state index >= 15 is 0 Å². The maximum absolute atomic E-state index is 10.4. The summed E-state index contributed by atoms with van der Waals surface area (Å²) in [6, 6.07) is 6.70. The molecular formula is C10H6N2O2. The second kappa shape index (κ2) is 3.33. The van der Waals surface area contributed by atoms with E-state index in [1.54, 1.807) is 24.3 Å². The summed E-state index contributed by atoms with van der Waals surface area (Å²) in [7, 11) is 0. The molecular weight excluding hydrogens is 180 g/mol. The van der Waals surface area contributed by atoms with Crippen molar-refractivity contribution in [1.29, 1.82) is 0 Å². The van der Waals surface area contributed by atoms with E-state index in [1.165, 1.54) is 0 Å². The highest BCUT2D eigenvalue weighted by molar-refractivity contribution is 5.83. The van der Waals surface area contributed by atoms with Crippen molar-refractivity contribution in [2.45, 2.75) is 0 Å². The molecule has 0 fully saturated rings. The minimum atomic E-state index is 0.313. The predicted molar refractivity (Wildman–Crippen MR) is 50.3 cm³/mol. The molecule has 4 heteroatoms. The Bertz CT molecular complexity index is 466. The number of hydrogen-bond donors (Lipinski definition) is 0. The van der Waals surface area contributed by atoms with Gasteiger partial charge in [-0.15, -0.1) is 0 Å². The van der Waals surface area contributed by atoms with Gasteiger partial charge in [0, 0.05) is 5.39 Å². The Labute approximate surface area is 79.6 Å². The average molecular weight is 186 g/mol. The number of carbonyl (C=O) groups excluding carboxylic acids is 2. The Morgan fingerprint density at radius 3 is 1.79 bits per heavy atom. The third-order valence-corrected chi connectivity index (χ3v) is 1.84. The molecule has 0 radical (unpaired) electrons. The van der Waals surface area contributed by atoms with Crippen LogP contribution in [0.1, 0.15) is 21.0 Å². The molecule has 68 valence electrons. The first-order valence-electron chi connectivity index (χ1n) is 4.01. The van der Waals surface area contributed by atoms with Crippen LogP contribution in [0, 0.1) is 0 Å². The summed E-state index contributed by atoms with van der Waals surface area (Å²) in [5.41, 5.74) is 1.04. The minimum Gasteiger partial charge on any atom is -0.296 e. The topological polar surface area (TPSA) is 59.9 Å². The van der Waals surface area contributed by atoms with Crippen molar-refractivity contribution in [2.24, 2.45) is 0 Å². The van der Waals surface area contributed by atoms with Gasteiger partial charge in [-0.25, -0.2) is 9.97 Å². The molecule has 0 amide bonds. The van der Waals surface area contributed by atoms with Crippen LogP contribution >= 0.6 is 0 Å². The summed E-state index contributed by atoms with van der Waals surface area (Å²) < 4.78 is 0. The molecule has 2 heterocycles. The first-order chi connectivity index (χ1) is 6.83. The normalized spacial score (nSPS) is 10.0. The second-order valence-corrected chi connectivity index (χ2v) is 2.75. The van der Waals surface area contributed by atoms with Crippen LogP contribution in [0.3, 0.4) is 0 Å². The molecule has 0 aliphatic rings. The number of aromatic nitrogens is 2. The summed E-state index contributed by atoms with van der Waals surface area (Å²) in [5, 5.41) is 0.807. The van der Waals surface area contributed by atoms with E-state index in [0.717, 1.165) is 5.39 Å². The molecule has 0 aliphatic carbocycles. The zero-order valence-electron chi connectivity index (χ0n) is 7.18. The Morgan fingerprint density at radius 1 is 0.857 bits per heavy atom. The summed E-state index contributed by atoms with van der Waals surface area (Å²) >= 11 is 0. The molecule has 0 saturated carbocycles. The molecule has 14 heavy (non-hydrogen) atoms. The third-order valence-electron chi connectivity index (χ3n) is 1.84. The van der Waals surface area contributed by atoms with Gasteiger partial charge in [0.15, 0.2) is 18.2 Å². The van der Waals surface area contributed by atoms with E-state index in [0.29, 0.717) is 29.6 Å². The molecule has 0 aliphatic heterocycles. The van der Waals surface area contributed by atoms with Gasteiger partial charge >= 0.3 is 0 Å². The average Bonchev–Trinajstić information content (AvgIpc) is 2.27. The smallest absolute Gasteiger partial charge is 0.168 e. The van der Waals surface area contributed by atoms with E-state index in [1.807, 2.05) is 0 Å². The molecule has 0 bridgehead atoms. The predicted octanol–water partition coefficient (Wildman–Crippen LogP) is 1.25. The van der Waals surface area contributed by atoms with E-state index in [2.05, 4.69) is 9.97 Å². The van der Waals surface area contributed by atoms with Crippen LogP contribution < -0.4 is 0 Å². The molecule has 4 nitrogen and oxygen atoms in total. The first-order valence-corrected chi connectivity index (χ1v) is 4.01. The Morgan fingerprint density at radius 2 is 1.36 bits per heavy atom. The molecule has 0 saturated heterocycles. The van der Waals surface area contributed by atoms with Crippen molar-refractivity contribution < 1.29 is 9.59 Å². The Kier molecular flexibility index (Phi) is 2.02. The van der Waals surface area contributed by atoms with Crippen molar-refractivity contribution >= 4 is 23.6 Å². The van der Waals surface area contributed by atoms with E-state index in [4.69, 9.17) is 0 Å². The highest BCUT2D eigenvalue weighted by Crippen LogP contribution is 2.09. The van der Waals surface area contributed by atoms with Crippen LogP contribution in [0.2, 0.25) is 0 Å². The number of rotatable bonds is 2. The van der Waals surface area contributed by atoms with Gasteiger partial charge in [-0.3, -0.25) is 9.59 Å². The van der Waals surface area contributed by atoms with E-state index < -0.39 is 0 Å². The number of nitrogens with zero attached hydrogens (tertiary/aromatic N) is 2. The zero-order valence-corrected chi connectivity index (χ0v) is 7.18. The van der Waals surface area contributed by atoms with Crippen LogP contribution in [-0.4, -0.2) is 22.5 Å². The van der Waals surface area contributed by atoms with Gasteiger partial charge in [0.2, 0.25) is 0 Å². The monoisotopic (exact) mass is 186 g/mol. The quantitative estimate of drug-likeness (QED) is 0.662. The molecule has 0 spiro atoms. The lowest BCUT2D eigenvalue weighted by Crippen LogP contribution is -1.93. The zero-order chi connectivity index (χ0) is 9.97.